The highest BCUT2D eigenvalue weighted by Crippen LogP contribution is 2.46. The number of methoxy groups -OCH3 is 3. The molecule has 35 heavy (non-hydrogen) atoms. The summed E-state index contributed by atoms with van der Waals surface area (Å²) in [6, 6.07) is 5.45. The summed E-state index contributed by atoms with van der Waals surface area (Å²) in [4.78, 5) is 25.6. The Morgan fingerprint density at radius 1 is 1.03 bits per heavy atom. The van der Waals surface area contributed by atoms with E-state index < -0.39 is 47.1 Å². The molecule has 0 saturated heterocycles. The van der Waals surface area contributed by atoms with Crippen molar-refractivity contribution >= 4 is 11.6 Å². The predicted molar refractivity (Wildman–Crippen MR) is 119 cm³/mol. The van der Waals surface area contributed by atoms with E-state index >= 15 is 0 Å². The van der Waals surface area contributed by atoms with Gasteiger partial charge in [0.05, 0.1) is 26.9 Å². The minimum Gasteiger partial charge on any atom is -0.507 e. The van der Waals surface area contributed by atoms with Crippen molar-refractivity contribution in [1.29, 1.82) is 0 Å². The van der Waals surface area contributed by atoms with Crippen molar-refractivity contribution in [1.82, 2.24) is 0 Å². The zero-order chi connectivity index (χ0) is 25.9. The third kappa shape index (κ3) is 5.18. The van der Waals surface area contributed by atoms with E-state index in [1.165, 1.54) is 46.5 Å². The standard InChI is InChI=1S/C24H22F3NO7/c1-11-7-17(29)20(24(31)35-11)14(13-5-6-18(32-2)23(34-4)22(13)33-3)10-19(30)28-12-8-15(25)21(27)16(26)9-12/h5-9,14,29H,10H2,1-4H3,(H,28,30). The molecule has 0 aliphatic carbocycles. The first-order valence-corrected chi connectivity index (χ1v) is 10.2. The molecule has 0 radical (unpaired) electrons. The van der Waals surface area contributed by atoms with Crippen molar-refractivity contribution in [2.45, 2.75) is 19.3 Å². The van der Waals surface area contributed by atoms with E-state index in [1.807, 2.05) is 0 Å². The summed E-state index contributed by atoms with van der Waals surface area (Å²) in [7, 11) is 4.10. The molecule has 0 aliphatic rings. The zero-order valence-electron chi connectivity index (χ0n) is 19.2. The van der Waals surface area contributed by atoms with Crippen molar-refractivity contribution in [3.63, 3.8) is 0 Å². The number of carbonyl (C=O) groups is 1. The lowest BCUT2D eigenvalue weighted by molar-refractivity contribution is -0.116. The summed E-state index contributed by atoms with van der Waals surface area (Å²) in [6.07, 6.45) is -0.506. The number of benzene rings is 2. The summed E-state index contributed by atoms with van der Waals surface area (Å²) in [5.41, 5.74) is -1.25. The number of carbonyl (C=O) groups excluding carboxylic acids is 1. The summed E-state index contributed by atoms with van der Waals surface area (Å²) < 4.78 is 61.7. The number of anilines is 1. The average Bonchev–Trinajstić information content (AvgIpc) is 2.80. The summed E-state index contributed by atoms with van der Waals surface area (Å²) in [5.74, 6) is -6.35. The van der Waals surface area contributed by atoms with Gasteiger partial charge in [-0.05, 0) is 13.0 Å². The lowest BCUT2D eigenvalue weighted by Crippen LogP contribution is -2.22. The summed E-state index contributed by atoms with van der Waals surface area (Å²) in [6.45, 7) is 1.46. The minimum absolute atomic E-state index is 0.114. The molecule has 186 valence electrons. The van der Waals surface area contributed by atoms with Crippen LogP contribution in [0, 0.1) is 24.4 Å². The normalized spacial score (nSPS) is 11.6. The first-order valence-electron chi connectivity index (χ1n) is 10.2. The van der Waals surface area contributed by atoms with Gasteiger partial charge >= 0.3 is 5.63 Å². The highest BCUT2D eigenvalue weighted by molar-refractivity contribution is 5.91. The van der Waals surface area contributed by atoms with Gasteiger partial charge in [-0.1, -0.05) is 6.07 Å². The molecule has 0 spiro atoms. The molecule has 0 saturated carbocycles. The van der Waals surface area contributed by atoms with Crippen LogP contribution < -0.4 is 25.2 Å². The molecule has 2 N–H and O–H groups in total. The average molecular weight is 493 g/mol. The van der Waals surface area contributed by atoms with E-state index in [0.29, 0.717) is 17.9 Å². The second-order valence-electron chi connectivity index (χ2n) is 7.43. The van der Waals surface area contributed by atoms with Crippen LogP contribution in [0.5, 0.6) is 23.0 Å². The first kappa shape index (κ1) is 25.5. The molecular formula is C24H22F3NO7. The molecule has 0 fully saturated rings. The molecule has 2 aromatic carbocycles. The van der Waals surface area contributed by atoms with Gasteiger partial charge in [-0.15, -0.1) is 0 Å². The largest absolute Gasteiger partial charge is 0.507 e. The van der Waals surface area contributed by atoms with Crippen LogP contribution >= 0.6 is 0 Å². The Morgan fingerprint density at radius 2 is 1.66 bits per heavy atom. The third-order valence-corrected chi connectivity index (χ3v) is 5.21. The van der Waals surface area contributed by atoms with Crippen LogP contribution in [0.25, 0.3) is 0 Å². The molecule has 3 aromatic rings. The smallest absolute Gasteiger partial charge is 0.343 e. The summed E-state index contributed by atoms with van der Waals surface area (Å²) in [5, 5.41) is 12.8. The van der Waals surface area contributed by atoms with E-state index in [9.17, 15) is 27.9 Å². The molecule has 1 amide bonds. The Kier molecular flexibility index (Phi) is 7.58. The van der Waals surface area contributed by atoms with Crippen LogP contribution in [0.4, 0.5) is 18.9 Å². The van der Waals surface area contributed by atoms with Crippen LogP contribution in [0.1, 0.15) is 29.2 Å². The Morgan fingerprint density at radius 3 is 2.20 bits per heavy atom. The Hall–Kier alpha value is -4.15. The number of amides is 1. The van der Waals surface area contributed by atoms with Gasteiger partial charge in [0.1, 0.15) is 11.5 Å². The molecule has 1 aromatic heterocycles. The Balaban J connectivity index is 2.12. The molecule has 0 aliphatic heterocycles. The molecular weight excluding hydrogens is 471 g/mol. The monoisotopic (exact) mass is 493 g/mol. The van der Waals surface area contributed by atoms with E-state index in [4.69, 9.17) is 18.6 Å². The number of ether oxygens (including phenoxy) is 3. The van der Waals surface area contributed by atoms with E-state index in [2.05, 4.69) is 5.32 Å². The fraction of sp³-hybridized carbons (Fsp3) is 0.250. The highest BCUT2D eigenvalue weighted by Gasteiger charge is 2.31. The van der Waals surface area contributed by atoms with Gasteiger partial charge in [0, 0.05) is 41.8 Å². The number of halogens is 3. The predicted octanol–water partition coefficient (Wildman–Crippen LogP) is 4.26. The molecule has 1 unspecified atom stereocenters. The van der Waals surface area contributed by atoms with Crippen molar-refractivity contribution in [3.05, 3.63) is 75.1 Å². The van der Waals surface area contributed by atoms with Crippen molar-refractivity contribution in [2.24, 2.45) is 0 Å². The van der Waals surface area contributed by atoms with Crippen LogP contribution in [0.15, 0.2) is 39.5 Å². The molecule has 11 heteroatoms. The van der Waals surface area contributed by atoms with Crippen molar-refractivity contribution in [2.75, 3.05) is 26.6 Å². The maximum absolute atomic E-state index is 13.6. The van der Waals surface area contributed by atoms with Crippen molar-refractivity contribution in [3.8, 4) is 23.0 Å². The van der Waals surface area contributed by atoms with Crippen LogP contribution in [-0.2, 0) is 4.79 Å². The first-order chi connectivity index (χ1) is 16.6. The lowest BCUT2D eigenvalue weighted by atomic mass is 9.87. The highest BCUT2D eigenvalue weighted by atomic mass is 19.2. The van der Waals surface area contributed by atoms with E-state index in [-0.39, 0.29) is 34.1 Å². The SMILES string of the molecule is COc1ccc(C(CC(=O)Nc2cc(F)c(F)c(F)c2)c2c(O)cc(C)oc2=O)c(OC)c1OC. The van der Waals surface area contributed by atoms with Gasteiger partial charge in [0.25, 0.3) is 0 Å². The van der Waals surface area contributed by atoms with Gasteiger partial charge in [-0.3, -0.25) is 4.79 Å². The third-order valence-electron chi connectivity index (χ3n) is 5.21. The number of aryl methyl sites for hydroxylation is 1. The van der Waals surface area contributed by atoms with E-state index in [0.717, 1.165) is 0 Å². The number of hydrogen-bond donors (Lipinski definition) is 2. The van der Waals surface area contributed by atoms with Crippen LogP contribution in [-0.4, -0.2) is 32.3 Å². The quantitative estimate of drug-likeness (QED) is 0.452. The van der Waals surface area contributed by atoms with Gasteiger partial charge in [-0.25, -0.2) is 18.0 Å². The van der Waals surface area contributed by atoms with Crippen LogP contribution in [0.3, 0.4) is 0 Å². The van der Waals surface area contributed by atoms with Gasteiger partial charge in [-0.2, -0.15) is 0 Å². The van der Waals surface area contributed by atoms with Gasteiger partial charge < -0.3 is 29.1 Å². The molecule has 0 bridgehead atoms. The topological polar surface area (TPSA) is 107 Å². The fourth-order valence-electron chi connectivity index (χ4n) is 3.72. The number of hydrogen-bond acceptors (Lipinski definition) is 7. The fourth-order valence-corrected chi connectivity index (χ4v) is 3.72. The summed E-state index contributed by atoms with van der Waals surface area (Å²) >= 11 is 0. The Labute approximate surface area is 197 Å². The van der Waals surface area contributed by atoms with Gasteiger partial charge in [0.2, 0.25) is 11.7 Å². The minimum atomic E-state index is -1.68. The van der Waals surface area contributed by atoms with E-state index in [1.54, 1.807) is 0 Å². The number of aromatic hydroxyl groups is 1. The second-order valence-corrected chi connectivity index (χ2v) is 7.43. The number of nitrogens with one attached hydrogen (secondary N) is 1. The molecule has 1 heterocycles. The maximum atomic E-state index is 13.6. The molecule has 1 atom stereocenters. The molecule has 3 rings (SSSR count). The lowest BCUT2D eigenvalue weighted by Gasteiger charge is -2.22. The Bertz CT molecular complexity index is 1300. The maximum Gasteiger partial charge on any atom is 0.343 e. The van der Waals surface area contributed by atoms with Crippen LogP contribution in [0.2, 0.25) is 0 Å². The zero-order valence-corrected chi connectivity index (χ0v) is 19.2. The van der Waals surface area contributed by atoms with Gasteiger partial charge in [0.15, 0.2) is 29.0 Å². The number of rotatable bonds is 8. The molecule has 8 nitrogen and oxygen atoms in total. The second kappa shape index (κ2) is 10.4. The van der Waals surface area contributed by atoms with Crippen molar-refractivity contribution < 1.29 is 41.7 Å².